The number of sulfone groups is 1. The number of carbonyl (C=O) groups is 1. The van der Waals surface area contributed by atoms with E-state index < -0.39 is 20.6 Å². The number of nitrogen functional groups attached to an aromatic ring is 1. The van der Waals surface area contributed by atoms with Gasteiger partial charge in [0.25, 0.3) is 0 Å². The van der Waals surface area contributed by atoms with Crippen LogP contribution in [0.15, 0.2) is 22.7 Å². The van der Waals surface area contributed by atoms with Gasteiger partial charge in [0.15, 0.2) is 9.84 Å². The molecule has 0 aliphatic rings. The van der Waals surface area contributed by atoms with E-state index in [0.29, 0.717) is 10.2 Å². The number of carbonyl (C=O) groups excluding carboxylic acids is 1. The fourth-order valence-electron chi connectivity index (χ4n) is 1.34. The van der Waals surface area contributed by atoms with Gasteiger partial charge in [-0.05, 0) is 48.8 Å². The summed E-state index contributed by atoms with van der Waals surface area (Å²) < 4.78 is 28.3. The predicted octanol–water partition coefficient (Wildman–Crippen LogP) is 2.40. The molecule has 0 fully saturated rings. The van der Waals surface area contributed by atoms with Gasteiger partial charge in [-0.15, -0.1) is 0 Å². The Morgan fingerprint density at radius 1 is 1.35 bits per heavy atom. The third-order valence-electron chi connectivity index (χ3n) is 2.77. The van der Waals surface area contributed by atoms with E-state index in [1.54, 1.807) is 39.0 Å². The van der Waals surface area contributed by atoms with E-state index in [-0.39, 0.29) is 17.9 Å². The van der Waals surface area contributed by atoms with Crippen LogP contribution >= 0.6 is 15.9 Å². The minimum atomic E-state index is -3.31. The van der Waals surface area contributed by atoms with Crippen molar-refractivity contribution in [1.82, 2.24) is 0 Å². The van der Waals surface area contributed by atoms with Crippen LogP contribution in [0, 0.1) is 0 Å². The van der Waals surface area contributed by atoms with Gasteiger partial charge in [0.1, 0.15) is 6.61 Å². The molecule has 0 radical (unpaired) electrons. The largest absolute Gasteiger partial charge is 0.461 e. The SMILES string of the molecule is CC(C)(C)S(=O)(=O)CCOC(=O)c1cccc(N)c1Br. The first-order chi connectivity index (χ1) is 9.06. The van der Waals surface area contributed by atoms with E-state index >= 15 is 0 Å². The molecule has 2 N–H and O–H groups in total. The number of nitrogens with two attached hydrogens (primary N) is 1. The third kappa shape index (κ3) is 3.96. The highest BCUT2D eigenvalue weighted by Gasteiger charge is 2.29. The quantitative estimate of drug-likeness (QED) is 0.655. The molecule has 1 rings (SSSR count). The molecule has 112 valence electrons. The van der Waals surface area contributed by atoms with Gasteiger partial charge in [-0.3, -0.25) is 0 Å². The van der Waals surface area contributed by atoms with Gasteiger partial charge in [0.05, 0.1) is 20.5 Å². The fourth-order valence-corrected chi connectivity index (χ4v) is 2.68. The summed E-state index contributed by atoms with van der Waals surface area (Å²) in [6, 6.07) is 4.83. The van der Waals surface area contributed by atoms with Crippen molar-refractivity contribution >= 4 is 37.4 Å². The molecule has 0 aromatic heterocycles. The van der Waals surface area contributed by atoms with Crippen LogP contribution in [0.5, 0.6) is 0 Å². The van der Waals surface area contributed by atoms with Crippen LogP contribution in [0.25, 0.3) is 0 Å². The summed E-state index contributed by atoms with van der Waals surface area (Å²) >= 11 is 3.20. The summed E-state index contributed by atoms with van der Waals surface area (Å²) in [5.74, 6) is -0.810. The van der Waals surface area contributed by atoms with Crippen LogP contribution in [0.2, 0.25) is 0 Å². The van der Waals surface area contributed by atoms with Gasteiger partial charge < -0.3 is 10.5 Å². The van der Waals surface area contributed by atoms with Crippen LogP contribution in [-0.4, -0.2) is 31.5 Å². The minimum Gasteiger partial charge on any atom is -0.461 e. The van der Waals surface area contributed by atoms with Gasteiger partial charge in [-0.25, -0.2) is 13.2 Å². The van der Waals surface area contributed by atoms with E-state index in [4.69, 9.17) is 10.5 Å². The second kappa shape index (κ2) is 6.13. The molecule has 1 aromatic rings. The number of rotatable bonds is 4. The van der Waals surface area contributed by atoms with Crippen molar-refractivity contribution in [2.45, 2.75) is 25.5 Å². The summed E-state index contributed by atoms with van der Waals surface area (Å²) in [5, 5.41) is 0. The van der Waals surface area contributed by atoms with Gasteiger partial charge >= 0.3 is 5.97 Å². The zero-order valence-corrected chi connectivity index (χ0v) is 14.0. The zero-order chi connectivity index (χ0) is 15.6. The Hall–Kier alpha value is -1.08. The molecule has 0 atom stereocenters. The van der Waals surface area contributed by atoms with Gasteiger partial charge in [0, 0.05) is 5.69 Å². The van der Waals surface area contributed by atoms with Crippen molar-refractivity contribution in [3.63, 3.8) is 0 Å². The van der Waals surface area contributed by atoms with E-state index in [2.05, 4.69) is 15.9 Å². The van der Waals surface area contributed by atoms with Crippen molar-refractivity contribution in [3.05, 3.63) is 28.2 Å². The maximum absolute atomic E-state index is 11.9. The average molecular weight is 364 g/mol. The van der Waals surface area contributed by atoms with E-state index in [1.807, 2.05) is 0 Å². The van der Waals surface area contributed by atoms with Crippen LogP contribution < -0.4 is 5.73 Å². The van der Waals surface area contributed by atoms with Crippen molar-refractivity contribution in [2.24, 2.45) is 0 Å². The molecule has 0 bridgehead atoms. The number of benzene rings is 1. The fraction of sp³-hybridized carbons (Fsp3) is 0.462. The predicted molar refractivity (Wildman–Crippen MR) is 82.4 cm³/mol. The van der Waals surface area contributed by atoms with Crippen molar-refractivity contribution < 1.29 is 17.9 Å². The number of esters is 1. The lowest BCUT2D eigenvalue weighted by molar-refractivity contribution is 0.0528. The molecule has 20 heavy (non-hydrogen) atoms. The second-order valence-corrected chi connectivity index (χ2v) is 8.93. The Kier molecular flexibility index (Phi) is 5.21. The molecule has 0 heterocycles. The second-order valence-electron chi connectivity index (χ2n) is 5.28. The van der Waals surface area contributed by atoms with Gasteiger partial charge in [0.2, 0.25) is 0 Å². The maximum Gasteiger partial charge on any atom is 0.339 e. The molecule has 0 spiro atoms. The molecular formula is C13H18BrNO4S. The molecule has 0 unspecified atom stereocenters. The van der Waals surface area contributed by atoms with Crippen LogP contribution in [-0.2, 0) is 14.6 Å². The normalized spacial score (nSPS) is 12.2. The summed E-state index contributed by atoms with van der Waals surface area (Å²) in [5.41, 5.74) is 6.36. The molecule has 0 saturated heterocycles. The Balaban J connectivity index is 2.68. The highest BCUT2D eigenvalue weighted by atomic mass is 79.9. The third-order valence-corrected chi connectivity index (χ3v) is 6.22. The van der Waals surface area contributed by atoms with Crippen LogP contribution in [0.3, 0.4) is 0 Å². The first kappa shape index (κ1) is 17.0. The van der Waals surface area contributed by atoms with Gasteiger partial charge in [-0.2, -0.15) is 0 Å². The van der Waals surface area contributed by atoms with Crippen molar-refractivity contribution in [1.29, 1.82) is 0 Å². The highest BCUT2D eigenvalue weighted by molar-refractivity contribution is 9.10. The summed E-state index contributed by atoms with van der Waals surface area (Å²) in [6.45, 7) is 4.65. The average Bonchev–Trinajstić information content (AvgIpc) is 2.30. The molecule has 0 aliphatic heterocycles. The lowest BCUT2D eigenvalue weighted by Gasteiger charge is -2.18. The first-order valence-electron chi connectivity index (χ1n) is 5.99. The number of hydrogen-bond acceptors (Lipinski definition) is 5. The van der Waals surface area contributed by atoms with Gasteiger partial charge in [-0.1, -0.05) is 6.07 Å². The highest BCUT2D eigenvalue weighted by Crippen LogP contribution is 2.24. The lowest BCUT2D eigenvalue weighted by atomic mass is 10.2. The van der Waals surface area contributed by atoms with Crippen LogP contribution in [0.4, 0.5) is 5.69 Å². The smallest absolute Gasteiger partial charge is 0.339 e. The van der Waals surface area contributed by atoms with E-state index in [1.165, 1.54) is 0 Å². The van der Waals surface area contributed by atoms with Crippen molar-refractivity contribution in [2.75, 3.05) is 18.1 Å². The molecule has 0 aliphatic carbocycles. The molecular weight excluding hydrogens is 346 g/mol. The lowest BCUT2D eigenvalue weighted by Crippen LogP contribution is -2.32. The Labute approximate surface area is 127 Å². The Bertz CT molecular complexity index is 605. The number of halogens is 1. The number of hydrogen-bond donors (Lipinski definition) is 1. The monoisotopic (exact) mass is 363 g/mol. The van der Waals surface area contributed by atoms with Crippen molar-refractivity contribution in [3.8, 4) is 0 Å². The minimum absolute atomic E-state index is 0.181. The summed E-state index contributed by atoms with van der Waals surface area (Å²) in [4.78, 5) is 11.9. The standard InChI is InChI=1S/C13H18BrNO4S/c1-13(2,3)20(17,18)8-7-19-12(16)9-5-4-6-10(15)11(9)14/h4-6H,7-8,15H2,1-3H3. The van der Waals surface area contributed by atoms with E-state index in [9.17, 15) is 13.2 Å². The number of ether oxygens (including phenoxy) is 1. The molecule has 7 heteroatoms. The Morgan fingerprint density at radius 2 is 1.95 bits per heavy atom. The zero-order valence-electron chi connectivity index (χ0n) is 11.6. The first-order valence-corrected chi connectivity index (χ1v) is 8.44. The number of anilines is 1. The van der Waals surface area contributed by atoms with Crippen LogP contribution in [0.1, 0.15) is 31.1 Å². The molecule has 0 amide bonds. The maximum atomic E-state index is 11.9. The molecule has 1 aromatic carbocycles. The molecule has 0 saturated carbocycles. The Morgan fingerprint density at radius 3 is 2.50 bits per heavy atom. The van der Waals surface area contributed by atoms with E-state index in [0.717, 1.165) is 0 Å². The summed E-state index contributed by atoms with van der Waals surface area (Å²) in [6.07, 6.45) is 0. The molecule has 5 nitrogen and oxygen atoms in total. The summed E-state index contributed by atoms with van der Waals surface area (Å²) in [7, 11) is -3.31. The topological polar surface area (TPSA) is 86.5 Å².